The molecule has 0 nitrogen and oxygen atoms in total. The van der Waals surface area contributed by atoms with Gasteiger partial charge in [0.1, 0.15) is 0 Å². The van der Waals surface area contributed by atoms with Gasteiger partial charge < -0.3 is 0 Å². The third kappa shape index (κ3) is 2.34. The number of rotatable bonds is 0. The smallest absolute Gasteiger partial charge is 0.0208 e. The molecule has 0 amide bonds. The van der Waals surface area contributed by atoms with Crippen molar-refractivity contribution in [3.8, 4) is 0 Å². The van der Waals surface area contributed by atoms with Crippen molar-refractivity contribution in [3.05, 3.63) is 69.4 Å². The van der Waals surface area contributed by atoms with Crippen molar-refractivity contribution in [1.82, 2.24) is 0 Å². The van der Waals surface area contributed by atoms with Crippen LogP contribution in [0.1, 0.15) is 0 Å². The Hall–Kier alpha value is -1.35. The fourth-order valence-electron chi connectivity index (χ4n) is 1.88. The van der Waals surface area contributed by atoms with E-state index in [4.69, 9.17) is 0 Å². The fourth-order valence-corrected chi connectivity index (χ4v) is 2.60. The van der Waals surface area contributed by atoms with Crippen LogP contribution >= 0.6 is 22.6 Å². The SMILES string of the molecule is IC1=c2ccc(cc2)=CC=c2ccc(cc2)=C1. The molecule has 0 unspecified atom stereocenters. The van der Waals surface area contributed by atoms with Crippen molar-refractivity contribution in [2.75, 3.05) is 0 Å². The van der Waals surface area contributed by atoms with Crippen LogP contribution in [-0.4, -0.2) is 0 Å². The quantitative estimate of drug-likeness (QED) is 0.639. The largest absolute Gasteiger partial charge is 0.0544 e. The van der Waals surface area contributed by atoms with Crippen LogP contribution in [0.5, 0.6) is 0 Å². The molecule has 2 aromatic carbocycles. The van der Waals surface area contributed by atoms with Crippen molar-refractivity contribution >= 4 is 44.4 Å². The lowest BCUT2D eigenvalue weighted by molar-refractivity contribution is 1.53. The highest BCUT2D eigenvalue weighted by Crippen LogP contribution is 2.05. The molecule has 17 heavy (non-hydrogen) atoms. The molecule has 0 saturated carbocycles. The minimum Gasteiger partial charge on any atom is -0.0544 e. The zero-order chi connectivity index (χ0) is 11.7. The van der Waals surface area contributed by atoms with E-state index in [-0.39, 0.29) is 0 Å². The molecule has 4 aliphatic carbocycles. The summed E-state index contributed by atoms with van der Waals surface area (Å²) in [5, 5.41) is 4.99. The van der Waals surface area contributed by atoms with E-state index >= 15 is 0 Å². The van der Waals surface area contributed by atoms with Gasteiger partial charge in [0.25, 0.3) is 0 Å². The first-order valence-electron chi connectivity index (χ1n) is 5.57. The molecule has 0 saturated heterocycles. The van der Waals surface area contributed by atoms with Gasteiger partial charge in [-0.05, 0) is 49.5 Å². The number of hydrogen-bond acceptors (Lipinski definition) is 0. The van der Waals surface area contributed by atoms with Gasteiger partial charge in [-0.3, -0.25) is 0 Å². The molecular formula is C16H11I. The summed E-state index contributed by atoms with van der Waals surface area (Å²) in [6.07, 6.45) is 6.51. The van der Waals surface area contributed by atoms with Gasteiger partial charge in [0, 0.05) is 3.58 Å². The van der Waals surface area contributed by atoms with E-state index in [2.05, 4.69) is 89.3 Å². The Balaban J connectivity index is 2.49. The number of hydrogen-bond donors (Lipinski definition) is 0. The average molecular weight is 330 g/mol. The van der Waals surface area contributed by atoms with E-state index in [9.17, 15) is 0 Å². The van der Waals surface area contributed by atoms with Crippen LogP contribution in [0.2, 0.25) is 0 Å². The van der Waals surface area contributed by atoms with Gasteiger partial charge in [-0.25, -0.2) is 0 Å². The normalized spacial score (nSPS) is 13.1. The molecule has 2 aromatic rings. The zero-order valence-electron chi connectivity index (χ0n) is 9.23. The lowest BCUT2D eigenvalue weighted by Crippen LogP contribution is -2.12. The van der Waals surface area contributed by atoms with Crippen LogP contribution in [-0.2, 0) is 0 Å². The summed E-state index contributed by atoms with van der Waals surface area (Å²) in [7, 11) is 0. The van der Waals surface area contributed by atoms with Crippen LogP contribution in [0.4, 0.5) is 0 Å². The second kappa shape index (κ2) is 4.49. The Kier molecular flexibility index (Phi) is 2.85. The highest BCUT2D eigenvalue weighted by Gasteiger charge is 1.90. The first-order chi connectivity index (χ1) is 8.31. The van der Waals surface area contributed by atoms with Gasteiger partial charge in [0.15, 0.2) is 0 Å². The summed E-state index contributed by atoms with van der Waals surface area (Å²) in [4.78, 5) is 0. The van der Waals surface area contributed by atoms with Crippen molar-refractivity contribution < 1.29 is 0 Å². The molecule has 0 aliphatic heterocycles. The van der Waals surface area contributed by atoms with Crippen molar-refractivity contribution in [2.24, 2.45) is 0 Å². The Bertz CT molecular complexity index is 751. The second-order valence-electron chi connectivity index (χ2n) is 4.11. The summed E-state index contributed by atoms with van der Waals surface area (Å²) in [6, 6.07) is 17.3. The van der Waals surface area contributed by atoms with Gasteiger partial charge in [0.05, 0.1) is 0 Å². The fraction of sp³-hybridized carbons (Fsp3) is 0. The lowest BCUT2D eigenvalue weighted by Gasteiger charge is -1.94. The maximum absolute atomic E-state index is 2.39. The first kappa shape index (κ1) is 10.8. The third-order valence-corrected chi connectivity index (χ3v) is 3.82. The Morgan fingerprint density at radius 1 is 0.588 bits per heavy atom. The van der Waals surface area contributed by atoms with Crippen LogP contribution in [0, 0.1) is 0 Å². The predicted molar refractivity (Wildman–Crippen MR) is 82.2 cm³/mol. The van der Waals surface area contributed by atoms with E-state index in [1.54, 1.807) is 0 Å². The molecule has 0 radical (unpaired) electrons. The van der Waals surface area contributed by atoms with E-state index in [1.165, 1.54) is 24.5 Å². The van der Waals surface area contributed by atoms with Gasteiger partial charge >= 0.3 is 0 Å². The highest BCUT2D eigenvalue weighted by atomic mass is 127. The standard InChI is InChI=1S/C16H11I/c17-16-11-14-5-3-12(4-6-14)1-2-13-7-9-15(16)10-8-13/h1-11H. The number of halogens is 1. The number of benzene rings is 2. The minimum atomic E-state index is 1.24. The van der Waals surface area contributed by atoms with Crippen LogP contribution < -0.4 is 20.9 Å². The summed E-state index contributed by atoms with van der Waals surface area (Å²) in [5.41, 5.74) is 0. The molecule has 4 bridgehead atoms. The summed E-state index contributed by atoms with van der Waals surface area (Å²) >= 11 is 2.39. The second-order valence-corrected chi connectivity index (χ2v) is 5.28. The van der Waals surface area contributed by atoms with Crippen molar-refractivity contribution in [1.29, 1.82) is 0 Å². The van der Waals surface area contributed by atoms with Gasteiger partial charge in [0.2, 0.25) is 0 Å². The molecule has 0 atom stereocenters. The molecule has 6 rings (SSSR count). The Morgan fingerprint density at radius 3 is 1.65 bits per heavy atom. The zero-order valence-corrected chi connectivity index (χ0v) is 11.4. The molecular weight excluding hydrogens is 319 g/mol. The van der Waals surface area contributed by atoms with Gasteiger partial charge in [-0.15, -0.1) is 0 Å². The van der Waals surface area contributed by atoms with Crippen LogP contribution in [0.25, 0.3) is 21.8 Å². The average Bonchev–Trinajstić information content (AvgIpc) is 2.36. The molecule has 0 heterocycles. The van der Waals surface area contributed by atoms with Crippen molar-refractivity contribution in [2.45, 2.75) is 0 Å². The summed E-state index contributed by atoms with van der Waals surface area (Å²) in [5.74, 6) is 0. The minimum absolute atomic E-state index is 1.24. The lowest BCUT2D eigenvalue weighted by atomic mass is 10.2. The topological polar surface area (TPSA) is 0 Å². The third-order valence-electron chi connectivity index (χ3n) is 2.88. The maximum atomic E-state index is 2.39. The molecule has 4 aliphatic rings. The van der Waals surface area contributed by atoms with Crippen LogP contribution in [0.15, 0.2) is 48.5 Å². The van der Waals surface area contributed by atoms with Crippen molar-refractivity contribution in [3.63, 3.8) is 0 Å². The molecule has 0 fully saturated rings. The molecule has 0 aromatic heterocycles. The highest BCUT2D eigenvalue weighted by molar-refractivity contribution is 14.1. The molecule has 0 spiro atoms. The van der Waals surface area contributed by atoms with E-state index in [0.29, 0.717) is 0 Å². The van der Waals surface area contributed by atoms with Gasteiger partial charge in [-0.1, -0.05) is 60.7 Å². The van der Waals surface area contributed by atoms with E-state index < -0.39 is 0 Å². The Morgan fingerprint density at radius 2 is 1.06 bits per heavy atom. The molecule has 0 N–H and O–H groups in total. The van der Waals surface area contributed by atoms with E-state index in [1.807, 2.05) is 0 Å². The van der Waals surface area contributed by atoms with Crippen LogP contribution in [0.3, 0.4) is 0 Å². The summed E-state index contributed by atoms with van der Waals surface area (Å²) in [6.45, 7) is 0. The monoisotopic (exact) mass is 330 g/mol. The maximum Gasteiger partial charge on any atom is 0.0208 e. The van der Waals surface area contributed by atoms with E-state index in [0.717, 1.165) is 0 Å². The Labute approximate surface area is 113 Å². The summed E-state index contributed by atoms with van der Waals surface area (Å²) < 4.78 is 1.27. The molecule has 82 valence electrons. The first-order valence-corrected chi connectivity index (χ1v) is 6.65. The predicted octanol–water partition coefficient (Wildman–Crippen LogP) is 1.29. The molecule has 1 heteroatoms. The van der Waals surface area contributed by atoms with Gasteiger partial charge in [-0.2, -0.15) is 0 Å².